The number of carbonyl (C=O) groups is 1. The molecule has 30 heavy (non-hydrogen) atoms. The molecule has 0 bridgehead atoms. The van der Waals surface area contributed by atoms with Gasteiger partial charge in [-0.1, -0.05) is 29.4 Å². The number of aromatic nitrogens is 4. The Morgan fingerprint density at radius 3 is 2.73 bits per heavy atom. The molecule has 0 aliphatic rings. The second-order valence-electron chi connectivity index (χ2n) is 7.16. The summed E-state index contributed by atoms with van der Waals surface area (Å²) in [5.74, 6) is -0.383. The lowest BCUT2D eigenvalue weighted by molar-refractivity contribution is 0.0600. The van der Waals surface area contributed by atoms with Gasteiger partial charge in [0.15, 0.2) is 0 Å². The van der Waals surface area contributed by atoms with Crippen LogP contribution in [0.2, 0.25) is 5.02 Å². The fourth-order valence-electron chi connectivity index (χ4n) is 3.36. The number of nitrogens with zero attached hydrogens (tertiary/aromatic N) is 4. The van der Waals surface area contributed by atoms with Crippen LogP contribution in [0.1, 0.15) is 35.9 Å². The number of methoxy groups -OCH3 is 1. The Morgan fingerprint density at radius 1 is 1.23 bits per heavy atom. The molecule has 0 spiro atoms. The molecular formula is C22H21ClN4O2S. The average Bonchev–Trinajstić information content (AvgIpc) is 3.31. The first-order valence-electron chi connectivity index (χ1n) is 9.46. The predicted molar refractivity (Wildman–Crippen MR) is 119 cm³/mol. The highest BCUT2D eigenvalue weighted by Crippen LogP contribution is 2.40. The van der Waals surface area contributed by atoms with Gasteiger partial charge in [0, 0.05) is 39.4 Å². The number of carbonyl (C=O) groups excluding carboxylic acids is 1. The lowest BCUT2D eigenvalue weighted by atomic mass is 10.2. The molecular weight excluding hydrogens is 420 g/mol. The topological polar surface area (TPSA) is 61.9 Å². The molecule has 4 aromatic rings. The van der Waals surface area contributed by atoms with Gasteiger partial charge >= 0.3 is 5.97 Å². The zero-order valence-electron chi connectivity index (χ0n) is 17.1. The van der Waals surface area contributed by atoms with Gasteiger partial charge in [-0.15, -0.1) is 0 Å². The van der Waals surface area contributed by atoms with Crippen molar-refractivity contribution in [3.63, 3.8) is 0 Å². The first-order chi connectivity index (χ1) is 14.4. The van der Waals surface area contributed by atoms with E-state index in [1.54, 1.807) is 18.3 Å². The summed E-state index contributed by atoms with van der Waals surface area (Å²) in [4.78, 5) is 17.4. The van der Waals surface area contributed by atoms with Crippen LogP contribution >= 0.6 is 23.4 Å². The largest absolute Gasteiger partial charge is 0.465 e. The van der Waals surface area contributed by atoms with Crippen LogP contribution in [0.4, 0.5) is 0 Å². The molecule has 1 aromatic carbocycles. The van der Waals surface area contributed by atoms with Crippen molar-refractivity contribution in [2.75, 3.05) is 7.11 Å². The van der Waals surface area contributed by atoms with Gasteiger partial charge in [0.1, 0.15) is 5.03 Å². The molecule has 154 valence electrons. The van der Waals surface area contributed by atoms with E-state index in [0.29, 0.717) is 15.6 Å². The highest BCUT2D eigenvalue weighted by atomic mass is 35.5. The molecule has 3 heterocycles. The van der Waals surface area contributed by atoms with Crippen molar-refractivity contribution < 1.29 is 9.53 Å². The maximum atomic E-state index is 11.9. The third kappa shape index (κ3) is 3.70. The van der Waals surface area contributed by atoms with Crippen molar-refractivity contribution in [2.45, 2.75) is 36.7 Å². The fourth-order valence-corrected chi connectivity index (χ4v) is 4.56. The summed E-state index contributed by atoms with van der Waals surface area (Å²) in [6.07, 6.45) is 5.51. The van der Waals surface area contributed by atoms with E-state index < -0.39 is 0 Å². The zero-order chi connectivity index (χ0) is 21.4. The Hall–Kier alpha value is -2.77. The second-order valence-corrected chi connectivity index (χ2v) is 8.63. The third-order valence-corrected chi connectivity index (χ3v) is 6.23. The van der Waals surface area contributed by atoms with E-state index in [-0.39, 0.29) is 12.0 Å². The summed E-state index contributed by atoms with van der Waals surface area (Å²) in [6, 6.07) is 9.51. The molecule has 0 radical (unpaired) electrons. The first kappa shape index (κ1) is 20.5. The van der Waals surface area contributed by atoms with Crippen LogP contribution in [0, 0.1) is 6.92 Å². The van der Waals surface area contributed by atoms with Crippen molar-refractivity contribution in [1.82, 2.24) is 19.3 Å². The van der Waals surface area contributed by atoms with Crippen molar-refractivity contribution in [1.29, 1.82) is 0 Å². The predicted octanol–water partition coefficient (Wildman–Crippen LogP) is 5.70. The fraction of sp³-hybridized carbons (Fsp3) is 0.227. The number of halogens is 1. The summed E-state index contributed by atoms with van der Waals surface area (Å²) in [7, 11) is 1.37. The summed E-state index contributed by atoms with van der Waals surface area (Å²) in [6.45, 7) is 6.25. The summed E-state index contributed by atoms with van der Waals surface area (Å²) >= 11 is 7.83. The van der Waals surface area contributed by atoms with E-state index >= 15 is 0 Å². The monoisotopic (exact) mass is 440 g/mol. The van der Waals surface area contributed by atoms with E-state index in [9.17, 15) is 4.79 Å². The maximum absolute atomic E-state index is 11.9. The summed E-state index contributed by atoms with van der Waals surface area (Å²) in [5, 5.41) is 6.93. The van der Waals surface area contributed by atoms with Crippen LogP contribution in [0.3, 0.4) is 0 Å². The van der Waals surface area contributed by atoms with Crippen LogP contribution in [-0.2, 0) is 4.74 Å². The Labute approximate surface area is 183 Å². The number of fused-ring (bicyclic) bond motifs is 1. The lowest BCUT2D eigenvalue weighted by Crippen LogP contribution is -2.01. The average molecular weight is 441 g/mol. The Bertz CT molecular complexity index is 1250. The van der Waals surface area contributed by atoms with Crippen LogP contribution < -0.4 is 0 Å². The molecule has 0 saturated carbocycles. The minimum absolute atomic E-state index is 0.267. The van der Waals surface area contributed by atoms with Crippen LogP contribution in [0.5, 0.6) is 0 Å². The van der Waals surface area contributed by atoms with Gasteiger partial charge in [-0.3, -0.25) is 4.68 Å². The number of hydrogen-bond donors (Lipinski definition) is 0. The molecule has 0 aliphatic carbocycles. The van der Waals surface area contributed by atoms with Crippen LogP contribution in [-0.4, -0.2) is 32.4 Å². The van der Waals surface area contributed by atoms with Gasteiger partial charge in [0.25, 0.3) is 0 Å². The molecule has 0 saturated heterocycles. The molecule has 0 aliphatic heterocycles. The number of ether oxygens (including phenoxy) is 1. The molecule has 0 amide bonds. The molecule has 4 rings (SSSR count). The third-order valence-electron chi connectivity index (χ3n) is 4.85. The number of hydrogen-bond acceptors (Lipinski definition) is 5. The van der Waals surface area contributed by atoms with Crippen LogP contribution in [0.15, 0.2) is 58.8 Å². The van der Waals surface area contributed by atoms with Crippen molar-refractivity contribution in [2.24, 2.45) is 0 Å². The normalized spacial score (nSPS) is 11.4. The molecule has 0 atom stereocenters. The second kappa shape index (κ2) is 8.16. The standard InChI is InChI=1S/C22H21ClN4O2S/c1-13(2)26-12-17(11-25-26)27-14(3)21(18-6-5-16(23)10-19(18)27)30-20-9-15(7-8-24-20)22(28)29-4/h5-13H,1-4H3. The molecule has 0 N–H and O–H groups in total. The van der Waals surface area contributed by atoms with Gasteiger partial charge < -0.3 is 9.30 Å². The molecule has 6 nitrogen and oxygen atoms in total. The Morgan fingerprint density at radius 2 is 2.03 bits per heavy atom. The van der Waals surface area contributed by atoms with Gasteiger partial charge in [-0.2, -0.15) is 5.10 Å². The smallest absolute Gasteiger partial charge is 0.337 e. The van der Waals surface area contributed by atoms with Gasteiger partial charge in [-0.05, 0) is 45.0 Å². The quantitative estimate of drug-likeness (QED) is 0.372. The molecule has 0 unspecified atom stereocenters. The minimum Gasteiger partial charge on any atom is -0.465 e. The van der Waals surface area contributed by atoms with E-state index in [1.165, 1.54) is 18.9 Å². The van der Waals surface area contributed by atoms with Crippen molar-refractivity contribution in [3.8, 4) is 5.69 Å². The van der Waals surface area contributed by atoms with E-state index in [1.807, 2.05) is 35.3 Å². The van der Waals surface area contributed by atoms with Crippen LogP contribution in [0.25, 0.3) is 16.6 Å². The highest BCUT2D eigenvalue weighted by Gasteiger charge is 2.19. The molecule has 3 aromatic heterocycles. The number of pyridine rings is 1. The van der Waals surface area contributed by atoms with E-state index in [0.717, 1.165) is 27.2 Å². The number of benzene rings is 1. The SMILES string of the molecule is COC(=O)c1ccnc(Sc2c(C)n(-c3cnn(C(C)C)c3)c3cc(Cl)ccc23)c1. The zero-order valence-corrected chi connectivity index (χ0v) is 18.7. The van der Waals surface area contributed by atoms with E-state index in [4.69, 9.17) is 16.3 Å². The minimum atomic E-state index is -0.383. The summed E-state index contributed by atoms with van der Waals surface area (Å²) < 4.78 is 8.91. The lowest BCUT2D eigenvalue weighted by Gasteiger charge is -2.07. The maximum Gasteiger partial charge on any atom is 0.337 e. The van der Waals surface area contributed by atoms with E-state index in [2.05, 4.69) is 35.4 Å². The summed E-state index contributed by atoms with van der Waals surface area (Å²) in [5.41, 5.74) is 3.48. The Balaban J connectivity index is 1.85. The highest BCUT2D eigenvalue weighted by molar-refractivity contribution is 7.99. The van der Waals surface area contributed by atoms with Crippen molar-refractivity contribution in [3.05, 3.63) is 65.2 Å². The first-order valence-corrected chi connectivity index (χ1v) is 10.7. The number of esters is 1. The molecule has 8 heteroatoms. The van der Waals surface area contributed by atoms with Gasteiger partial charge in [-0.25, -0.2) is 9.78 Å². The van der Waals surface area contributed by atoms with Gasteiger partial charge in [0.2, 0.25) is 0 Å². The van der Waals surface area contributed by atoms with Crippen molar-refractivity contribution >= 4 is 40.2 Å². The number of rotatable bonds is 5. The van der Waals surface area contributed by atoms with Gasteiger partial charge in [0.05, 0.1) is 30.1 Å². The molecule has 0 fully saturated rings. The Kier molecular flexibility index (Phi) is 5.58.